The highest BCUT2D eigenvalue weighted by atomic mass is 16.6. The molecule has 0 spiro atoms. The molecule has 5 nitrogen and oxygen atoms in total. The number of benzene rings is 3. The maximum Gasteiger partial charge on any atom is 0.269 e. The number of hydrogen-bond acceptors (Lipinski definition) is 4. The van der Waals surface area contributed by atoms with Gasteiger partial charge in [0.1, 0.15) is 0 Å². The van der Waals surface area contributed by atoms with Crippen LogP contribution in [0, 0.1) is 10.1 Å². The summed E-state index contributed by atoms with van der Waals surface area (Å²) in [5.41, 5.74) is 5.35. The fraction of sp³-hybridized carbons (Fsp3) is 0.120. The lowest BCUT2D eigenvalue weighted by atomic mass is 10.1. The molecule has 0 saturated heterocycles. The van der Waals surface area contributed by atoms with Crippen LogP contribution in [0.3, 0.4) is 0 Å². The second-order valence-electron chi connectivity index (χ2n) is 6.92. The average molecular weight is 400 g/mol. The van der Waals surface area contributed by atoms with E-state index in [4.69, 9.17) is 5.11 Å². The molecule has 3 aromatic carbocycles. The number of rotatable bonds is 8. The Morgan fingerprint density at radius 3 is 1.50 bits per heavy atom. The Morgan fingerprint density at radius 2 is 1.13 bits per heavy atom. The molecule has 0 aliphatic rings. The van der Waals surface area contributed by atoms with Gasteiger partial charge in [-0.3, -0.25) is 10.1 Å². The molecular weight excluding hydrogens is 376 g/mol. The molecule has 0 fully saturated rings. The van der Waals surface area contributed by atoms with E-state index in [1.54, 1.807) is 12.1 Å². The summed E-state index contributed by atoms with van der Waals surface area (Å²) in [6, 6.07) is 22.9. The average Bonchev–Trinajstić information content (AvgIpc) is 2.78. The lowest BCUT2D eigenvalue weighted by Gasteiger charge is -2.17. The number of hydrogen-bond donors (Lipinski definition) is 1. The summed E-state index contributed by atoms with van der Waals surface area (Å²) in [6.07, 6.45) is 8.05. The molecule has 0 saturated carbocycles. The number of likely N-dealkylation sites (N-methyl/N-ethyl adjacent to an activating group) is 1. The minimum Gasteiger partial charge on any atom is -0.395 e. The van der Waals surface area contributed by atoms with Gasteiger partial charge in [0.2, 0.25) is 0 Å². The first kappa shape index (κ1) is 21.0. The summed E-state index contributed by atoms with van der Waals surface area (Å²) in [7, 11) is 1.96. The van der Waals surface area contributed by atoms with Gasteiger partial charge in [-0.25, -0.2) is 0 Å². The zero-order chi connectivity index (χ0) is 21.3. The van der Waals surface area contributed by atoms with E-state index in [2.05, 4.69) is 36.4 Å². The Kier molecular flexibility index (Phi) is 7.14. The fourth-order valence-electron chi connectivity index (χ4n) is 2.93. The topological polar surface area (TPSA) is 66.6 Å². The zero-order valence-electron chi connectivity index (χ0n) is 16.8. The first-order valence-corrected chi connectivity index (χ1v) is 9.68. The van der Waals surface area contributed by atoms with Gasteiger partial charge >= 0.3 is 0 Å². The Balaban J connectivity index is 1.60. The predicted molar refractivity (Wildman–Crippen MR) is 124 cm³/mol. The van der Waals surface area contributed by atoms with E-state index < -0.39 is 4.92 Å². The molecule has 30 heavy (non-hydrogen) atoms. The van der Waals surface area contributed by atoms with Crippen molar-refractivity contribution in [3.05, 3.63) is 105 Å². The molecule has 0 bridgehead atoms. The van der Waals surface area contributed by atoms with Crippen molar-refractivity contribution >= 4 is 35.7 Å². The monoisotopic (exact) mass is 400 g/mol. The Hall–Kier alpha value is -3.70. The van der Waals surface area contributed by atoms with Crippen molar-refractivity contribution in [1.29, 1.82) is 0 Å². The second-order valence-corrected chi connectivity index (χ2v) is 6.92. The molecule has 3 rings (SSSR count). The maximum atomic E-state index is 10.7. The summed E-state index contributed by atoms with van der Waals surface area (Å²) < 4.78 is 0. The quantitative estimate of drug-likeness (QED) is 0.314. The summed E-state index contributed by atoms with van der Waals surface area (Å²) in [5.74, 6) is 0. The van der Waals surface area contributed by atoms with Crippen molar-refractivity contribution in [2.24, 2.45) is 0 Å². The van der Waals surface area contributed by atoms with Crippen LogP contribution in [0.4, 0.5) is 11.4 Å². The first-order chi connectivity index (χ1) is 14.5. The van der Waals surface area contributed by atoms with Crippen molar-refractivity contribution in [3.63, 3.8) is 0 Å². The SMILES string of the molecule is CN(CCO)c1ccc(/C=C/c2ccc(/C=C/c3ccc([N+](=O)[O-])cc3)cc2)cc1. The molecule has 5 heteroatoms. The van der Waals surface area contributed by atoms with Gasteiger partial charge in [0.25, 0.3) is 5.69 Å². The fourth-order valence-corrected chi connectivity index (χ4v) is 2.93. The molecular formula is C25H24N2O3. The first-order valence-electron chi connectivity index (χ1n) is 9.68. The molecule has 0 atom stereocenters. The van der Waals surface area contributed by atoms with Crippen LogP contribution in [0.15, 0.2) is 72.8 Å². The zero-order valence-corrected chi connectivity index (χ0v) is 16.8. The molecule has 0 unspecified atom stereocenters. The van der Waals surface area contributed by atoms with Crippen LogP contribution in [-0.2, 0) is 0 Å². The van der Waals surface area contributed by atoms with Crippen LogP contribution in [0.2, 0.25) is 0 Å². The minimum absolute atomic E-state index is 0.0927. The van der Waals surface area contributed by atoms with Gasteiger partial charge in [-0.15, -0.1) is 0 Å². The Morgan fingerprint density at radius 1 is 0.767 bits per heavy atom. The van der Waals surface area contributed by atoms with Gasteiger partial charge in [0.05, 0.1) is 11.5 Å². The van der Waals surface area contributed by atoms with E-state index in [-0.39, 0.29) is 12.3 Å². The molecule has 0 aliphatic carbocycles. The third-order valence-electron chi connectivity index (χ3n) is 4.75. The lowest BCUT2D eigenvalue weighted by molar-refractivity contribution is -0.384. The van der Waals surface area contributed by atoms with Crippen molar-refractivity contribution in [1.82, 2.24) is 0 Å². The van der Waals surface area contributed by atoms with Crippen LogP contribution < -0.4 is 4.90 Å². The van der Waals surface area contributed by atoms with Crippen molar-refractivity contribution in [2.45, 2.75) is 0 Å². The minimum atomic E-state index is -0.399. The van der Waals surface area contributed by atoms with Gasteiger partial charge in [0, 0.05) is 31.4 Å². The number of nitro groups is 1. The highest BCUT2D eigenvalue weighted by molar-refractivity contribution is 5.73. The Labute approximate surface area is 176 Å². The molecule has 0 amide bonds. The maximum absolute atomic E-state index is 10.7. The lowest BCUT2D eigenvalue weighted by Crippen LogP contribution is -2.20. The largest absolute Gasteiger partial charge is 0.395 e. The van der Waals surface area contributed by atoms with E-state index in [1.807, 2.05) is 48.4 Å². The number of aliphatic hydroxyl groups is 1. The van der Waals surface area contributed by atoms with Crippen molar-refractivity contribution < 1.29 is 10.0 Å². The molecule has 1 N–H and O–H groups in total. The van der Waals surface area contributed by atoms with Crippen LogP contribution in [0.25, 0.3) is 24.3 Å². The normalized spacial score (nSPS) is 11.3. The number of nitro benzene ring substituents is 1. The van der Waals surface area contributed by atoms with Crippen molar-refractivity contribution in [3.8, 4) is 0 Å². The third kappa shape index (κ3) is 5.90. The van der Waals surface area contributed by atoms with Gasteiger partial charge in [-0.05, 0) is 46.5 Å². The van der Waals surface area contributed by atoms with Crippen LogP contribution in [-0.4, -0.2) is 30.2 Å². The molecule has 3 aromatic rings. The van der Waals surface area contributed by atoms with E-state index in [1.165, 1.54) is 12.1 Å². The highest BCUT2D eigenvalue weighted by Crippen LogP contribution is 2.17. The molecule has 0 radical (unpaired) electrons. The molecule has 0 aliphatic heterocycles. The number of anilines is 1. The van der Waals surface area contributed by atoms with E-state index in [0.717, 1.165) is 27.9 Å². The predicted octanol–water partition coefficient (Wildman–Crippen LogP) is 5.36. The Bertz CT molecular complexity index is 1020. The summed E-state index contributed by atoms with van der Waals surface area (Å²) >= 11 is 0. The number of nitrogens with zero attached hydrogens (tertiary/aromatic N) is 2. The van der Waals surface area contributed by atoms with Gasteiger partial charge in [-0.1, -0.05) is 60.7 Å². The summed E-state index contributed by atoms with van der Waals surface area (Å²) in [4.78, 5) is 12.3. The second kappa shape index (κ2) is 10.2. The third-order valence-corrected chi connectivity index (χ3v) is 4.75. The van der Waals surface area contributed by atoms with E-state index >= 15 is 0 Å². The molecule has 0 aromatic heterocycles. The summed E-state index contributed by atoms with van der Waals surface area (Å²) in [5, 5.41) is 19.7. The smallest absolute Gasteiger partial charge is 0.269 e. The number of non-ortho nitro benzene ring substituents is 1. The van der Waals surface area contributed by atoms with Gasteiger partial charge in [0.15, 0.2) is 0 Å². The van der Waals surface area contributed by atoms with Crippen LogP contribution >= 0.6 is 0 Å². The van der Waals surface area contributed by atoms with E-state index in [0.29, 0.717) is 6.54 Å². The van der Waals surface area contributed by atoms with Gasteiger partial charge in [-0.2, -0.15) is 0 Å². The van der Waals surface area contributed by atoms with Crippen molar-refractivity contribution in [2.75, 3.05) is 25.1 Å². The molecule has 0 heterocycles. The number of aliphatic hydroxyl groups excluding tert-OH is 1. The van der Waals surface area contributed by atoms with Crippen LogP contribution in [0.1, 0.15) is 22.3 Å². The van der Waals surface area contributed by atoms with E-state index in [9.17, 15) is 10.1 Å². The van der Waals surface area contributed by atoms with Gasteiger partial charge < -0.3 is 10.0 Å². The standard InChI is InChI=1S/C25H24N2O3/c1-26(18-19-28)24-14-10-22(11-15-24)8-6-20-2-4-21(5-3-20)7-9-23-12-16-25(17-13-23)27(29)30/h2-17,28H,18-19H2,1H3/b8-6+,9-7+. The molecule has 152 valence electrons. The van der Waals surface area contributed by atoms with Crippen LogP contribution in [0.5, 0.6) is 0 Å². The highest BCUT2D eigenvalue weighted by Gasteiger charge is 2.02. The summed E-state index contributed by atoms with van der Waals surface area (Å²) in [6.45, 7) is 0.747.